The first kappa shape index (κ1) is 14.8. The molecule has 1 aromatic carbocycles. The first-order valence-electron chi connectivity index (χ1n) is 7.34. The van der Waals surface area contributed by atoms with Crippen molar-refractivity contribution in [2.75, 3.05) is 12.4 Å². The van der Waals surface area contributed by atoms with Crippen molar-refractivity contribution in [1.82, 2.24) is 9.97 Å². The summed E-state index contributed by atoms with van der Waals surface area (Å²) in [6.45, 7) is 4.85. The van der Waals surface area contributed by atoms with Crippen LogP contribution in [0.1, 0.15) is 23.2 Å². The van der Waals surface area contributed by atoms with Crippen LogP contribution in [0.25, 0.3) is 10.2 Å². The fourth-order valence-electron chi connectivity index (χ4n) is 2.41. The maximum absolute atomic E-state index is 5.40. The van der Waals surface area contributed by atoms with E-state index in [0.29, 0.717) is 6.54 Å². The molecule has 0 unspecified atom stereocenters. The summed E-state index contributed by atoms with van der Waals surface area (Å²) < 4.78 is 5.40. The van der Waals surface area contributed by atoms with Crippen LogP contribution in [-0.4, -0.2) is 17.1 Å². The molecule has 0 aliphatic heterocycles. The molecule has 1 N–H and O–H groups in total. The predicted molar refractivity (Wildman–Crippen MR) is 91.9 cm³/mol. The lowest BCUT2D eigenvalue weighted by atomic mass is 10.2. The van der Waals surface area contributed by atoms with Gasteiger partial charge < -0.3 is 10.1 Å². The van der Waals surface area contributed by atoms with E-state index in [-0.39, 0.29) is 0 Å². The maximum Gasteiger partial charge on any atom is 0.138 e. The fraction of sp³-hybridized carbons (Fsp3) is 0.294. The van der Waals surface area contributed by atoms with Crippen molar-refractivity contribution >= 4 is 27.4 Å². The highest BCUT2D eigenvalue weighted by molar-refractivity contribution is 7.18. The van der Waals surface area contributed by atoms with Crippen molar-refractivity contribution in [3.8, 4) is 5.75 Å². The Morgan fingerprint density at radius 1 is 1.23 bits per heavy atom. The van der Waals surface area contributed by atoms with Crippen molar-refractivity contribution in [3.63, 3.8) is 0 Å². The number of rotatable bonds is 5. The lowest BCUT2D eigenvalue weighted by Crippen LogP contribution is -2.05. The summed E-state index contributed by atoms with van der Waals surface area (Å²) in [5, 5.41) is 4.53. The molecule has 22 heavy (non-hydrogen) atoms. The second kappa shape index (κ2) is 6.32. The number of benzene rings is 1. The van der Waals surface area contributed by atoms with Crippen molar-refractivity contribution in [3.05, 3.63) is 46.6 Å². The molecular formula is C17H19N3OS. The molecule has 3 aromatic rings. The fourth-order valence-corrected chi connectivity index (χ4v) is 3.31. The number of hydrogen-bond donors (Lipinski definition) is 1. The van der Waals surface area contributed by atoms with Gasteiger partial charge in [0.2, 0.25) is 0 Å². The minimum absolute atomic E-state index is 0.675. The van der Waals surface area contributed by atoms with E-state index < -0.39 is 0 Å². The Hall–Kier alpha value is -2.14. The number of aryl methyl sites for hydroxylation is 2. The summed E-state index contributed by atoms with van der Waals surface area (Å²) in [7, 11) is 1.69. The minimum atomic E-state index is 0.675. The zero-order valence-corrected chi connectivity index (χ0v) is 13.8. The van der Waals surface area contributed by atoms with Gasteiger partial charge in [-0.15, -0.1) is 11.3 Å². The molecule has 2 heterocycles. The molecule has 114 valence electrons. The van der Waals surface area contributed by atoms with E-state index in [9.17, 15) is 0 Å². The molecule has 0 fully saturated rings. The number of para-hydroxylation sites is 1. The molecular weight excluding hydrogens is 294 g/mol. The molecule has 0 amide bonds. The number of ether oxygens (including phenoxy) is 1. The summed E-state index contributed by atoms with van der Waals surface area (Å²) in [6.07, 6.45) is 0.830. The average molecular weight is 313 g/mol. The van der Waals surface area contributed by atoms with Crippen LogP contribution in [0, 0.1) is 6.92 Å². The predicted octanol–water partition coefficient (Wildman–Crippen LogP) is 4.18. The van der Waals surface area contributed by atoms with E-state index in [1.54, 1.807) is 18.4 Å². The van der Waals surface area contributed by atoms with Gasteiger partial charge in [-0.25, -0.2) is 9.97 Å². The molecule has 0 atom stereocenters. The van der Waals surface area contributed by atoms with Crippen molar-refractivity contribution in [2.24, 2.45) is 0 Å². The van der Waals surface area contributed by atoms with Crippen molar-refractivity contribution in [2.45, 2.75) is 26.8 Å². The maximum atomic E-state index is 5.40. The second-order valence-corrected chi connectivity index (χ2v) is 6.32. The van der Waals surface area contributed by atoms with Crippen LogP contribution in [0.5, 0.6) is 5.75 Å². The highest BCUT2D eigenvalue weighted by atomic mass is 32.1. The molecule has 0 spiro atoms. The Labute approximate surface area is 134 Å². The van der Waals surface area contributed by atoms with E-state index >= 15 is 0 Å². The third-order valence-corrected chi connectivity index (χ3v) is 4.46. The van der Waals surface area contributed by atoms with E-state index in [1.165, 1.54) is 4.88 Å². The number of anilines is 1. The number of thiophene rings is 1. The van der Waals surface area contributed by atoms with Crippen molar-refractivity contribution < 1.29 is 4.74 Å². The quantitative estimate of drug-likeness (QED) is 0.767. The van der Waals surface area contributed by atoms with Crippen LogP contribution in [0.15, 0.2) is 30.3 Å². The largest absolute Gasteiger partial charge is 0.496 e. The number of fused-ring (bicyclic) bond motifs is 1. The Bertz CT molecular complexity index is 798. The van der Waals surface area contributed by atoms with Crippen LogP contribution >= 0.6 is 11.3 Å². The Balaban J connectivity index is 1.93. The van der Waals surface area contributed by atoms with Gasteiger partial charge in [-0.3, -0.25) is 0 Å². The second-order valence-electron chi connectivity index (χ2n) is 5.08. The monoisotopic (exact) mass is 313 g/mol. The van der Waals surface area contributed by atoms with Gasteiger partial charge in [0, 0.05) is 23.4 Å². The van der Waals surface area contributed by atoms with Crippen LogP contribution in [0.4, 0.5) is 5.82 Å². The molecule has 0 bridgehead atoms. The van der Waals surface area contributed by atoms with Gasteiger partial charge in [0.1, 0.15) is 22.2 Å². The number of aromatic nitrogens is 2. The highest BCUT2D eigenvalue weighted by Crippen LogP contribution is 2.29. The van der Waals surface area contributed by atoms with Crippen LogP contribution in [0.3, 0.4) is 0 Å². The Morgan fingerprint density at radius 3 is 2.82 bits per heavy atom. The molecule has 3 rings (SSSR count). The smallest absolute Gasteiger partial charge is 0.138 e. The minimum Gasteiger partial charge on any atom is -0.496 e. The summed E-state index contributed by atoms with van der Waals surface area (Å²) in [5.41, 5.74) is 1.11. The molecule has 0 saturated heterocycles. The molecule has 0 aliphatic carbocycles. The molecule has 0 radical (unpaired) electrons. The molecule has 4 nitrogen and oxygen atoms in total. The molecule has 0 aliphatic rings. The first-order chi connectivity index (χ1) is 10.7. The number of methoxy groups -OCH3 is 1. The van der Waals surface area contributed by atoms with Crippen molar-refractivity contribution in [1.29, 1.82) is 0 Å². The zero-order valence-electron chi connectivity index (χ0n) is 13.0. The van der Waals surface area contributed by atoms with Crippen LogP contribution in [-0.2, 0) is 13.0 Å². The third-order valence-electron chi connectivity index (χ3n) is 3.52. The standard InChI is InChI=1S/C17H19N3OS/c1-4-15-19-16(13-9-11(2)22-17(13)20-15)18-10-12-7-5-6-8-14(12)21-3/h5-9H,4,10H2,1-3H3,(H,18,19,20). The lowest BCUT2D eigenvalue weighted by Gasteiger charge is -2.11. The number of hydrogen-bond acceptors (Lipinski definition) is 5. The third kappa shape index (κ3) is 2.90. The molecule has 2 aromatic heterocycles. The van der Waals surface area contributed by atoms with Gasteiger partial charge in [-0.1, -0.05) is 25.1 Å². The van der Waals surface area contributed by atoms with E-state index in [0.717, 1.165) is 39.6 Å². The van der Waals surface area contributed by atoms with E-state index in [4.69, 9.17) is 4.74 Å². The highest BCUT2D eigenvalue weighted by Gasteiger charge is 2.10. The Morgan fingerprint density at radius 2 is 2.05 bits per heavy atom. The topological polar surface area (TPSA) is 47.0 Å². The Kier molecular flexibility index (Phi) is 4.24. The molecule has 5 heteroatoms. The zero-order chi connectivity index (χ0) is 15.5. The lowest BCUT2D eigenvalue weighted by molar-refractivity contribution is 0.410. The normalized spacial score (nSPS) is 10.9. The molecule has 0 saturated carbocycles. The van der Waals surface area contributed by atoms with Gasteiger partial charge in [0.15, 0.2) is 0 Å². The van der Waals surface area contributed by atoms with Crippen LogP contribution in [0.2, 0.25) is 0 Å². The summed E-state index contributed by atoms with van der Waals surface area (Å²) >= 11 is 1.71. The number of nitrogens with one attached hydrogen (secondary N) is 1. The summed E-state index contributed by atoms with van der Waals surface area (Å²) in [6, 6.07) is 10.2. The summed E-state index contributed by atoms with van der Waals surface area (Å²) in [5.74, 6) is 2.66. The van der Waals surface area contributed by atoms with Gasteiger partial charge in [-0.2, -0.15) is 0 Å². The number of nitrogens with zero attached hydrogens (tertiary/aromatic N) is 2. The van der Waals surface area contributed by atoms with E-state index in [1.807, 2.05) is 18.2 Å². The summed E-state index contributed by atoms with van der Waals surface area (Å²) in [4.78, 5) is 11.5. The average Bonchev–Trinajstić information content (AvgIpc) is 2.92. The van der Waals surface area contributed by atoms with Gasteiger partial charge in [0.25, 0.3) is 0 Å². The SMILES string of the molecule is CCc1nc(NCc2ccccc2OC)c2cc(C)sc2n1. The van der Waals surface area contributed by atoms with Crippen LogP contribution < -0.4 is 10.1 Å². The van der Waals surface area contributed by atoms with Gasteiger partial charge in [-0.05, 0) is 19.1 Å². The first-order valence-corrected chi connectivity index (χ1v) is 8.15. The van der Waals surface area contributed by atoms with E-state index in [2.05, 4.69) is 41.3 Å². The van der Waals surface area contributed by atoms with Gasteiger partial charge >= 0.3 is 0 Å². The van der Waals surface area contributed by atoms with Gasteiger partial charge in [0.05, 0.1) is 12.5 Å².